The van der Waals surface area contributed by atoms with Crippen LogP contribution in [0.5, 0.6) is 0 Å². The first-order valence-electron chi connectivity index (χ1n) is 6.25. The van der Waals surface area contributed by atoms with Crippen LogP contribution in [-0.4, -0.2) is 17.1 Å². The van der Waals surface area contributed by atoms with E-state index in [2.05, 4.69) is 21.2 Å². The number of halogens is 2. The average molecular weight is 332 g/mol. The minimum atomic E-state index is -0.905. The normalized spacial score (nSPS) is 14.4. The number of rotatable bonds is 6. The highest BCUT2D eigenvalue weighted by Crippen LogP contribution is 2.22. The highest BCUT2D eigenvalue weighted by atomic mass is 79.9. The van der Waals surface area contributed by atoms with Crippen molar-refractivity contribution in [2.75, 3.05) is 0 Å². The Kier molecular flexibility index (Phi) is 5.94. The van der Waals surface area contributed by atoms with E-state index >= 15 is 0 Å². The topological polar surface area (TPSA) is 49.3 Å². The molecule has 0 aromatic heterocycles. The lowest BCUT2D eigenvalue weighted by Crippen LogP contribution is -2.39. The van der Waals surface area contributed by atoms with Gasteiger partial charge in [-0.3, -0.25) is 10.1 Å². The van der Waals surface area contributed by atoms with Gasteiger partial charge in [-0.05, 0) is 31.4 Å². The van der Waals surface area contributed by atoms with Gasteiger partial charge in [0.1, 0.15) is 11.9 Å². The number of hydrogen-bond acceptors (Lipinski definition) is 2. The Morgan fingerprint density at radius 3 is 2.53 bits per heavy atom. The Morgan fingerprint density at radius 2 is 2.05 bits per heavy atom. The van der Waals surface area contributed by atoms with Crippen molar-refractivity contribution >= 4 is 21.9 Å². The van der Waals surface area contributed by atoms with Gasteiger partial charge in [-0.1, -0.05) is 35.8 Å². The van der Waals surface area contributed by atoms with E-state index in [1.165, 1.54) is 6.07 Å². The van der Waals surface area contributed by atoms with E-state index in [1.54, 1.807) is 19.1 Å². The number of benzene rings is 1. The number of hydrogen-bond donors (Lipinski definition) is 2. The lowest BCUT2D eigenvalue weighted by atomic mass is 10.0. The molecule has 0 saturated heterocycles. The highest BCUT2D eigenvalue weighted by Gasteiger charge is 2.22. The predicted octanol–water partition coefficient (Wildman–Crippen LogP) is 3.74. The third-order valence-corrected chi connectivity index (χ3v) is 3.38. The summed E-state index contributed by atoms with van der Waals surface area (Å²) in [5, 5.41) is 12.1. The van der Waals surface area contributed by atoms with E-state index in [4.69, 9.17) is 5.11 Å². The molecule has 0 spiro atoms. The van der Waals surface area contributed by atoms with E-state index in [1.807, 2.05) is 13.8 Å². The van der Waals surface area contributed by atoms with E-state index in [0.29, 0.717) is 16.5 Å². The fraction of sp³-hybridized carbons (Fsp3) is 0.500. The quantitative estimate of drug-likeness (QED) is 0.834. The molecule has 0 fully saturated rings. The molecule has 0 heterocycles. The molecule has 0 aliphatic rings. The number of aliphatic carboxylic acids is 1. The van der Waals surface area contributed by atoms with Gasteiger partial charge in [0, 0.05) is 16.1 Å². The standard InChI is InChI=1S/C14H19BrFNO2/c1-8(2)6-13(14(18)19)17-9(3)11-5-4-10(15)7-12(11)16/h4-5,7-9,13,17H,6H2,1-3H3,(H,18,19). The average Bonchev–Trinajstić information content (AvgIpc) is 2.26. The van der Waals surface area contributed by atoms with E-state index in [9.17, 15) is 9.18 Å². The largest absolute Gasteiger partial charge is 0.480 e. The molecule has 1 aromatic carbocycles. The van der Waals surface area contributed by atoms with Crippen molar-refractivity contribution in [2.24, 2.45) is 5.92 Å². The van der Waals surface area contributed by atoms with Crippen molar-refractivity contribution in [3.63, 3.8) is 0 Å². The Hall–Kier alpha value is -0.940. The molecule has 2 atom stereocenters. The van der Waals surface area contributed by atoms with E-state index < -0.39 is 12.0 Å². The zero-order valence-electron chi connectivity index (χ0n) is 11.3. The fourth-order valence-electron chi connectivity index (χ4n) is 1.96. The second-order valence-corrected chi connectivity index (χ2v) is 5.99. The fourth-order valence-corrected chi connectivity index (χ4v) is 2.29. The van der Waals surface area contributed by atoms with E-state index in [-0.39, 0.29) is 17.8 Å². The molecule has 5 heteroatoms. The van der Waals surface area contributed by atoms with Crippen LogP contribution < -0.4 is 5.32 Å². The van der Waals surface area contributed by atoms with Crippen molar-refractivity contribution < 1.29 is 14.3 Å². The molecule has 1 aromatic rings. The van der Waals surface area contributed by atoms with Crippen LogP contribution in [0, 0.1) is 11.7 Å². The molecule has 2 unspecified atom stereocenters. The van der Waals surface area contributed by atoms with Crippen LogP contribution in [-0.2, 0) is 4.79 Å². The molecule has 19 heavy (non-hydrogen) atoms. The van der Waals surface area contributed by atoms with Gasteiger partial charge in [-0.2, -0.15) is 0 Å². The van der Waals surface area contributed by atoms with Gasteiger partial charge >= 0.3 is 5.97 Å². The number of carboxylic acids is 1. The summed E-state index contributed by atoms with van der Waals surface area (Å²) >= 11 is 3.20. The zero-order valence-corrected chi connectivity index (χ0v) is 12.9. The molecule has 0 bridgehead atoms. The lowest BCUT2D eigenvalue weighted by molar-refractivity contribution is -0.140. The summed E-state index contributed by atoms with van der Waals surface area (Å²) < 4.78 is 14.5. The summed E-state index contributed by atoms with van der Waals surface area (Å²) in [5.74, 6) is -0.989. The summed E-state index contributed by atoms with van der Waals surface area (Å²) in [6, 6.07) is 3.76. The maximum Gasteiger partial charge on any atom is 0.320 e. The lowest BCUT2D eigenvalue weighted by Gasteiger charge is -2.22. The van der Waals surface area contributed by atoms with E-state index in [0.717, 1.165) is 0 Å². The molecule has 0 saturated carbocycles. The molecular weight excluding hydrogens is 313 g/mol. The molecule has 0 radical (unpaired) electrons. The number of carboxylic acid groups (broad SMARTS) is 1. The van der Waals surface area contributed by atoms with Gasteiger partial charge in [0.05, 0.1) is 0 Å². The Morgan fingerprint density at radius 1 is 1.42 bits per heavy atom. The van der Waals surface area contributed by atoms with Crippen molar-refractivity contribution in [1.82, 2.24) is 5.32 Å². The number of nitrogens with one attached hydrogen (secondary N) is 1. The summed E-state index contributed by atoms with van der Waals surface area (Å²) in [4.78, 5) is 11.2. The van der Waals surface area contributed by atoms with Gasteiger partial charge < -0.3 is 5.11 Å². The second kappa shape index (κ2) is 7.01. The Balaban J connectivity index is 2.81. The van der Waals surface area contributed by atoms with Crippen molar-refractivity contribution in [2.45, 2.75) is 39.3 Å². The molecule has 0 aliphatic carbocycles. The Bertz CT molecular complexity index is 451. The molecule has 0 aliphatic heterocycles. The van der Waals surface area contributed by atoms with Gasteiger partial charge in [0.15, 0.2) is 0 Å². The summed E-state index contributed by atoms with van der Waals surface area (Å²) in [6.07, 6.45) is 0.512. The predicted molar refractivity (Wildman–Crippen MR) is 76.5 cm³/mol. The van der Waals surface area contributed by atoms with Crippen LogP contribution in [0.3, 0.4) is 0 Å². The highest BCUT2D eigenvalue weighted by molar-refractivity contribution is 9.10. The first kappa shape index (κ1) is 16.1. The summed E-state index contributed by atoms with van der Waals surface area (Å²) in [5.41, 5.74) is 0.471. The zero-order chi connectivity index (χ0) is 14.6. The monoisotopic (exact) mass is 331 g/mol. The van der Waals surface area contributed by atoms with Gasteiger partial charge in [-0.25, -0.2) is 4.39 Å². The molecule has 1 rings (SSSR count). The first-order chi connectivity index (χ1) is 8.81. The van der Waals surface area contributed by atoms with Gasteiger partial charge in [-0.15, -0.1) is 0 Å². The molecule has 2 N–H and O–H groups in total. The SMILES string of the molecule is CC(C)CC(NC(C)c1ccc(Br)cc1F)C(=O)O. The van der Waals surface area contributed by atoms with Crippen LogP contribution in [0.15, 0.2) is 22.7 Å². The molecular formula is C14H19BrFNO2. The second-order valence-electron chi connectivity index (χ2n) is 5.07. The smallest absolute Gasteiger partial charge is 0.320 e. The maximum atomic E-state index is 13.8. The van der Waals surface area contributed by atoms with Crippen LogP contribution >= 0.6 is 15.9 Å². The van der Waals surface area contributed by atoms with Crippen LogP contribution in [0.25, 0.3) is 0 Å². The van der Waals surface area contributed by atoms with Crippen molar-refractivity contribution in [3.05, 3.63) is 34.1 Å². The molecule has 106 valence electrons. The van der Waals surface area contributed by atoms with Crippen LogP contribution in [0.1, 0.15) is 38.8 Å². The van der Waals surface area contributed by atoms with Crippen molar-refractivity contribution in [1.29, 1.82) is 0 Å². The first-order valence-corrected chi connectivity index (χ1v) is 7.04. The molecule has 0 amide bonds. The van der Waals surface area contributed by atoms with Gasteiger partial charge in [0.2, 0.25) is 0 Å². The minimum Gasteiger partial charge on any atom is -0.480 e. The van der Waals surface area contributed by atoms with Crippen LogP contribution in [0.4, 0.5) is 4.39 Å². The van der Waals surface area contributed by atoms with Gasteiger partial charge in [0.25, 0.3) is 0 Å². The summed E-state index contributed by atoms with van der Waals surface area (Å²) in [6.45, 7) is 5.69. The Labute approximate surface area is 121 Å². The molecule has 3 nitrogen and oxygen atoms in total. The third kappa shape index (κ3) is 4.91. The number of carbonyl (C=O) groups is 1. The summed E-state index contributed by atoms with van der Waals surface area (Å²) in [7, 11) is 0. The third-order valence-electron chi connectivity index (χ3n) is 2.89. The van der Waals surface area contributed by atoms with Crippen molar-refractivity contribution in [3.8, 4) is 0 Å². The maximum absolute atomic E-state index is 13.8. The minimum absolute atomic E-state index is 0.260. The van der Waals surface area contributed by atoms with Crippen LogP contribution in [0.2, 0.25) is 0 Å².